The first-order chi connectivity index (χ1) is 9.27. The zero-order valence-electron chi connectivity index (χ0n) is 12.4. The van der Waals surface area contributed by atoms with Crippen molar-refractivity contribution in [2.24, 2.45) is 5.92 Å². The van der Waals surface area contributed by atoms with Crippen LogP contribution in [0.25, 0.3) is 0 Å². The van der Waals surface area contributed by atoms with Crippen molar-refractivity contribution >= 4 is 0 Å². The molecule has 2 rings (SSSR count). The molecule has 1 aromatic carbocycles. The molecule has 1 nitrogen and oxygen atoms in total. The normalized spacial score (nSPS) is 17.5. The highest BCUT2D eigenvalue weighted by Gasteiger charge is 2.27. The van der Waals surface area contributed by atoms with Crippen molar-refractivity contribution in [2.45, 2.75) is 70.8 Å². The largest absolute Gasteiger partial charge is 0.388 e. The molecule has 0 amide bonds. The smallest absolute Gasteiger partial charge is 0.0820 e. The molecule has 1 N–H and O–H groups in total. The first-order valence-corrected chi connectivity index (χ1v) is 8.04. The molecule has 0 bridgehead atoms. The van der Waals surface area contributed by atoms with E-state index in [-0.39, 0.29) is 6.10 Å². The Balaban J connectivity index is 2.18. The quantitative estimate of drug-likeness (QED) is 0.714. The Hall–Kier alpha value is -0.820. The number of hydrogen-bond acceptors (Lipinski definition) is 1. The maximum absolute atomic E-state index is 10.8. The van der Waals surface area contributed by atoms with Crippen LogP contribution in [0.3, 0.4) is 0 Å². The maximum Gasteiger partial charge on any atom is 0.0820 e. The van der Waals surface area contributed by atoms with E-state index in [2.05, 4.69) is 38.1 Å². The van der Waals surface area contributed by atoms with Gasteiger partial charge in [0.05, 0.1) is 6.10 Å². The first kappa shape index (κ1) is 14.6. The Morgan fingerprint density at radius 3 is 2.26 bits per heavy atom. The van der Waals surface area contributed by atoms with Gasteiger partial charge in [0, 0.05) is 0 Å². The highest BCUT2D eigenvalue weighted by Crippen LogP contribution is 2.41. The molecule has 1 saturated carbocycles. The third-order valence-corrected chi connectivity index (χ3v) is 4.63. The Labute approximate surface area is 118 Å². The summed E-state index contributed by atoms with van der Waals surface area (Å²) in [6.45, 7) is 4.43. The fourth-order valence-electron chi connectivity index (χ4n) is 3.33. The van der Waals surface area contributed by atoms with Gasteiger partial charge in [0.25, 0.3) is 0 Å². The van der Waals surface area contributed by atoms with E-state index in [1.54, 1.807) is 0 Å². The second-order valence-electron chi connectivity index (χ2n) is 6.04. The van der Waals surface area contributed by atoms with E-state index in [1.807, 2.05) is 0 Å². The summed E-state index contributed by atoms with van der Waals surface area (Å²) in [7, 11) is 0. The minimum atomic E-state index is -0.267. The van der Waals surface area contributed by atoms with E-state index in [0.717, 1.165) is 25.7 Å². The molecule has 1 atom stereocenters. The molecule has 0 radical (unpaired) electrons. The summed E-state index contributed by atoms with van der Waals surface area (Å²) in [6, 6.07) is 8.59. The number of aliphatic hydroxyl groups is 1. The van der Waals surface area contributed by atoms with E-state index in [4.69, 9.17) is 0 Å². The van der Waals surface area contributed by atoms with Gasteiger partial charge in [0.15, 0.2) is 0 Å². The van der Waals surface area contributed by atoms with Gasteiger partial charge in [-0.15, -0.1) is 0 Å². The molecule has 0 heterocycles. The fourth-order valence-corrected chi connectivity index (χ4v) is 3.33. The summed E-state index contributed by atoms with van der Waals surface area (Å²) in [4.78, 5) is 0. The van der Waals surface area contributed by atoms with Crippen molar-refractivity contribution in [3.8, 4) is 0 Å². The van der Waals surface area contributed by atoms with Crippen LogP contribution in [-0.2, 0) is 0 Å². The Bertz CT molecular complexity index is 375. The van der Waals surface area contributed by atoms with Crippen LogP contribution in [0.5, 0.6) is 0 Å². The minimum absolute atomic E-state index is 0.267. The first-order valence-electron chi connectivity index (χ1n) is 8.04. The molecule has 0 aromatic heterocycles. The van der Waals surface area contributed by atoms with Crippen LogP contribution in [0.2, 0.25) is 0 Å². The zero-order valence-corrected chi connectivity index (χ0v) is 12.4. The molecule has 106 valence electrons. The average Bonchev–Trinajstić information content (AvgIpc) is 2.36. The van der Waals surface area contributed by atoms with Crippen LogP contribution in [0.1, 0.15) is 81.9 Å². The monoisotopic (exact) mass is 260 g/mol. The topological polar surface area (TPSA) is 20.2 Å². The molecule has 1 fully saturated rings. The van der Waals surface area contributed by atoms with Crippen molar-refractivity contribution < 1.29 is 5.11 Å². The van der Waals surface area contributed by atoms with Gasteiger partial charge in [-0.3, -0.25) is 0 Å². The summed E-state index contributed by atoms with van der Waals surface area (Å²) in [5, 5.41) is 10.8. The van der Waals surface area contributed by atoms with Crippen molar-refractivity contribution in [1.82, 2.24) is 0 Å². The van der Waals surface area contributed by atoms with Crippen LogP contribution in [0.15, 0.2) is 24.3 Å². The molecular formula is C18H28O. The molecule has 1 aliphatic carbocycles. The molecule has 0 saturated heterocycles. The summed E-state index contributed by atoms with van der Waals surface area (Å²) in [6.07, 6.45) is 8.27. The van der Waals surface area contributed by atoms with Gasteiger partial charge in [-0.25, -0.2) is 0 Å². The van der Waals surface area contributed by atoms with Crippen molar-refractivity contribution in [3.63, 3.8) is 0 Å². The van der Waals surface area contributed by atoms with Gasteiger partial charge < -0.3 is 5.11 Å². The summed E-state index contributed by atoms with van der Waals surface area (Å²) in [5.74, 6) is 1.13. The number of aliphatic hydroxyl groups excluding tert-OH is 1. The molecule has 1 heteroatoms. The van der Waals surface area contributed by atoms with Gasteiger partial charge in [-0.2, -0.15) is 0 Å². The Morgan fingerprint density at radius 1 is 1.11 bits per heavy atom. The molecule has 1 aromatic rings. The van der Waals surface area contributed by atoms with E-state index >= 15 is 0 Å². The average molecular weight is 260 g/mol. The van der Waals surface area contributed by atoms with Crippen LogP contribution < -0.4 is 0 Å². The van der Waals surface area contributed by atoms with Crippen LogP contribution in [0, 0.1) is 5.92 Å². The number of rotatable bonds is 7. The van der Waals surface area contributed by atoms with Crippen molar-refractivity contribution in [3.05, 3.63) is 35.4 Å². The third-order valence-electron chi connectivity index (χ3n) is 4.63. The molecular weight excluding hydrogens is 232 g/mol. The third kappa shape index (κ3) is 3.39. The van der Waals surface area contributed by atoms with Gasteiger partial charge >= 0.3 is 0 Å². The molecule has 19 heavy (non-hydrogen) atoms. The maximum atomic E-state index is 10.8. The zero-order chi connectivity index (χ0) is 13.7. The highest BCUT2D eigenvalue weighted by atomic mass is 16.3. The van der Waals surface area contributed by atoms with E-state index in [1.165, 1.54) is 30.4 Å². The molecule has 0 spiro atoms. The van der Waals surface area contributed by atoms with Crippen molar-refractivity contribution in [2.75, 3.05) is 0 Å². The summed E-state index contributed by atoms with van der Waals surface area (Å²) in [5.41, 5.74) is 2.62. The number of hydrogen-bond donors (Lipinski definition) is 1. The van der Waals surface area contributed by atoms with Gasteiger partial charge in [-0.1, -0.05) is 57.4 Å². The van der Waals surface area contributed by atoms with Gasteiger partial charge in [0.2, 0.25) is 0 Å². The predicted molar refractivity (Wildman–Crippen MR) is 81.3 cm³/mol. The van der Waals surface area contributed by atoms with Gasteiger partial charge in [-0.05, 0) is 48.6 Å². The lowest BCUT2D eigenvalue weighted by Gasteiger charge is -2.31. The lowest BCUT2D eigenvalue weighted by atomic mass is 9.75. The lowest BCUT2D eigenvalue weighted by molar-refractivity contribution is 0.0947. The minimum Gasteiger partial charge on any atom is -0.388 e. The van der Waals surface area contributed by atoms with Crippen molar-refractivity contribution in [1.29, 1.82) is 0 Å². The lowest BCUT2D eigenvalue weighted by Crippen LogP contribution is -2.18. The van der Waals surface area contributed by atoms with Crippen LogP contribution in [-0.4, -0.2) is 5.11 Å². The summed E-state index contributed by atoms with van der Waals surface area (Å²) >= 11 is 0. The second kappa shape index (κ2) is 7.09. The summed E-state index contributed by atoms with van der Waals surface area (Å²) < 4.78 is 0. The SMILES string of the molecule is CCCC(CCC)C(O)c1ccccc1C1CCC1. The molecule has 1 unspecified atom stereocenters. The highest BCUT2D eigenvalue weighted by molar-refractivity contribution is 5.33. The van der Waals surface area contributed by atoms with E-state index in [9.17, 15) is 5.11 Å². The number of benzene rings is 1. The molecule has 0 aliphatic heterocycles. The van der Waals surface area contributed by atoms with E-state index in [0.29, 0.717) is 11.8 Å². The van der Waals surface area contributed by atoms with Crippen LogP contribution >= 0.6 is 0 Å². The Morgan fingerprint density at radius 2 is 1.74 bits per heavy atom. The fraction of sp³-hybridized carbons (Fsp3) is 0.667. The Kier molecular flexibility index (Phi) is 5.45. The predicted octanol–water partition coefficient (Wildman–Crippen LogP) is 5.20. The standard InChI is InChI=1S/C18H28O/c1-3-8-15(9-4-2)18(19)17-13-6-5-12-16(17)14-10-7-11-14/h5-6,12-15,18-19H,3-4,7-11H2,1-2H3. The molecule has 1 aliphatic rings. The van der Waals surface area contributed by atoms with Crippen LogP contribution in [0.4, 0.5) is 0 Å². The second-order valence-corrected chi connectivity index (χ2v) is 6.04. The van der Waals surface area contributed by atoms with E-state index < -0.39 is 0 Å². The van der Waals surface area contributed by atoms with Gasteiger partial charge in [0.1, 0.15) is 0 Å².